The number of rotatable bonds is 9. The van der Waals surface area contributed by atoms with Crippen LogP contribution in [0.5, 0.6) is 0 Å². The molecule has 0 aromatic rings. The second-order valence-electron chi connectivity index (χ2n) is 4.51. The number of hydrogen-bond donors (Lipinski definition) is 1. The molecule has 0 bridgehead atoms. The van der Waals surface area contributed by atoms with E-state index in [0.29, 0.717) is 26.3 Å². The Labute approximate surface area is 113 Å². The highest BCUT2D eigenvalue weighted by molar-refractivity contribution is 5.80. The first-order valence-corrected chi connectivity index (χ1v) is 6.35. The van der Waals surface area contributed by atoms with E-state index in [1.54, 1.807) is 19.1 Å². The molecule has 0 saturated heterocycles. The Hall–Kier alpha value is -1.34. The van der Waals surface area contributed by atoms with Crippen LogP contribution in [-0.4, -0.2) is 80.0 Å². The number of carbonyl (C=O) groups excluding carboxylic acids is 1. The number of carboxylic acids is 1. The lowest BCUT2D eigenvalue weighted by molar-refractivity contribution is -0.137. The molecule has 2 amide bonds. The maximum atomic E-state index is 12.3. The fourth-order valence-corrected chi connectivity index (χ4v) is 1.77. The SMILES string of the molecule is COCCN(CCOC)C(=O)N(CC(=O)O)C1CC1. The van der Waals surface area contributed by atoms with E-state index in [2.05, 4.69) is 0 Å². The van der Waals surface area contributed by atoms with Crippen molar-refractivity contribution in [2.24, 2.45) is 0 Å². The van der Waals surface area contributed by atoms with Crippen molar-refractivity contribution in [2.75, 3.05) is 47.1 Å². The molecule has 0 aromatic carbocycles. The monoisotopic (exact) mass is 274 g/mol. The van der Waals surface area contributed by atoms with Gasteiger partial charge in [-0.25, -0.2) is 4.79 Å². The molecule has 110 valence electrons. The smallest absolute Gasteiger partial charge is 0.323 e. The van der Waals surface area contributed by atoms with Gasteiger partial charge in [-0.1, -0.05) is 0 Å². The molecular weight excluding hydrogens is 252 g/mol. The second kappa shape index (κ2) is 7.96. The first-order valence-electron chi connectivity index (χ1n) is 6.35. The number of carbonyl (C=O) groups is 2. The molecule has 1 N–H and O–H groups in total. The molecule has 0 aliphatic heterocycles. The molecule has 7 heteroatoms. The molecule has 0 heterocycles. The van der Waals surface area contributed by atoms with E-state index in [1.165, 1.54) is 4.90 Å². The molecule has 19 heavy (non-hydrogen) atoms. The van der Waals surface area contributed by atoms with Gasteiger partial charge < -0.3 is 24.4 Å². The molecule has 1 saturated carbocycles. The maximum Gasteiger partial charge on any atom is 0.323 e. The van der Waals surface area contributed by atoms with Crippen LogP contribution in [0.15, 0.2) is 0 Å². The van der Waals surface area contributed by atoms with Crippen LogP contribution in [0.1, 0.15) is 12.8 Å². The predicted octanol–water partition coefficient (Wildman–Crippen LogP) is 0.250. The molecule has 1 fully saturated rings. The number of nitrogens with zero attached hydrogens (tertiary/aromatic N) is 2. The minimum absolute atomic E-state index is 0.0659. The zero-order valence-corrected chi connectivity index (χ0v) is 11.5. The zero-order chi connectivity index (χ0) is 14.3. The minimum atomic E-state index is -0.987. The molecule has 1 rings (SSSR count). The zero-order valence-electron chi connectivity index (χ0n) is 11.5. The van der Waals surface area contributed by atoms with Gasteiger partial charge in [0.05, 0.1) is 13.2 Å². The summed E-state index contributed by atoms with van der Waals surface area (Å²) >= 11 is 0. The van der Waals surface area contributed by atoms with Gasteiger partial charge in [-0.15, -0.1) is 0 Å². The highest BCUT2D eigenvalue weighted by Crippen LogP contribution is 2.27. The van der Waals surface area contributed by atoms with Crippen LogP contribution in [0.25, 0.3) is 0 Å². The molecule has 1 aliphatic rings. The Bertz CT molecular complexity index is 298. The van der Waals surface area contributed by atoms with Crippen LogP contribution in [0.2, 0.25) is 0 Å². The van der Waals surface area contributed by atoms with Gasteiger partial charge in [0.2, 0.25) is 0 Å². The van der Waals surface area contributed by atoms with Crippen LogP contribution in [0.4, 0.5) is 4.79 Å². The Morgan fingerprint density at radius 2 is 1.68 bits per heavy atom. The Morgan fingerprint density at radius 3 is 2.05 bits per heavy atom. The van der Waals surface area contributed by atoms with Crippen molar-refractivity contribution in [2.45, 2.75) is 18.9 Å². The van der Waals surface area contributed by atoms with Crippen molar-refractivity contribution in [1.82, 2.24) is 9.80 Å². The van der Waals surface area contributed by atoms with Crippen LogP contribution in [0.3, 0.4) is 0 Å². The summed E-state index contributed by atoms with van der Waals surface area (Å²) in [5.41, 5.74) is 0. The standard InChI is InChI=1S/C12H22N2O5/c1-18-7-5-13(6-8-19-2)12(17)14(9-11(15)16)10-3-4-10/h10H,3-9H2,1-2H3,(H,15,16). The molecule has 0 atom stereocenters. The van der Waals surface area contributed by atoms with Gasteiger partial charge in [-0.3, -0.25) is 4.79 Å². The van der Waals surface area contributed by atoms with Crippen LogP contribution in [-0.2, 0) is 14.3 Å². The van der Waals surface area contributed by atoms with E-state index in [4.69, 9.17) is 14.6 Å². The van der Waals surface area contributed by atoms with Gasteiger partial charge in [0.1, 0.15) is 6.54 Å². The molecule has 0 unspecified atom stereocenters. The summed E-state index contributed by atoms with van der Waals surface area (Å²) in [6.45, 7) is 1.45. The van der Waals surface area contributed by atoms with E-state index in [1.807, 2.05) is 0 Å². The molecule has 1 aliphatic carbocycles. The lowest BCUT2D eigenvalue weighted by atomic mass is 10.4. The topological polar surface area (TPSA) is 79.3 Å². The van der Waals surface area contributed by atoms with Gasteiger partial charge in [0.15, 0.2) is 0 Å². The minimum Gasteiger partial charge on any atom is -0.480 e. The average molecular weight is 274 g/mol. The van der Waals surface area contributed by atoms with Crippen molar-refractivity contribution in [1.29, 1.82) is 0 Å². The summed E-state index contributed by atoms with van der Waals surface area (Å²) in [6.07, 6.45) is 1.75. The third-order valence-electron chi connectivity index (χ3n) is 2.94. The maximum absolute atomic E-state index is 12.3. The van der Waals surface area contributed by atoms with E-state index in [-0.39, 0.29) is 18.6 Å². The van der Waals surface area contributed by atoms with Crippen molar-refractivity contribution < 1.29 is 24.2 Å². The Balaban J connectivity index is 2.61. The predicted molar refractivity (Wildman–Crippen MR) is 68.1 cm³/mol. The van der Waals surface area contributed by atoms with Gasteiger partial charge in [0, 0.05) is 33.4 Å². The van der Waals surface area contributed by atoms with Crippen LogP contribution >= 0.6 is 0 Å². The van der Waals surface area contributed by atoms with Crippen LogP contribution < -0.4 is 0 Å². The highest BCUT2D eigenvalue weighted by Gasteiger charge is 2.35. The summed E-state index contributed by atoms with van der Waals surface area (Å²) in [5, 5.41) is 8.88. The van der Waals surface area contributed by atoms with Gasteiger partial charge >= 0.3 is 12.0 Å². The van der Waals surface area contributed by atoms with Crippen molar-refractivity contribution in [3.05, 3.63) is 0 Å². The quantitative estimate of drug-likeness (QED) is 0.652. The largest absolute Gasteiger partial charge is 0.480 e. The fraction of sp³-hybridized carbons (Fsp3) is 0.833. The number of methoxy groups -OCH3 is 2. The summed E-state index contributed by atoms with van der Waals surface area (Å²) < 4.78 is 9.94. The Kier molecular flexibility index (Phi) is 6.58. The average Bonchev–Trinajstić information content (AvgIpc) is 3.19. The lowest BCUT2D eigenvalue weighted by Gasteiger charge is -2.29. The molecule has 0 radical (unpaired) electrons. The number of amides is 2. The third kappa shape index (κ3) is 5.44. The molecule has 7 nitrogen and oxygen atoms in total. The van der Waals surface area contributed by atoms with Gasteiger partial charge in [-0.05, 0) is 12.8 Å². The number of urea groups is 1. The molecular formula is C12H22N2O5. The number of hydrogen-bond acceptors (Lipinski definition) is 4. The first-order chi connectivity index (χ1) is 9.10. The molecule has 0 aromatic heterocycles. The summed E-state index contributed by atoms with van der Waals surface area (Å²) in [7, 11) is 3.13. The number of aliphatic carboxylic acids is 1. The van der Waals surface area contributed by atoms with E-state index in [9.17, 15) is 9.59 Å². The van der Waals surface area contributed by atoms with Gasteiger partial charge in [-0.2, -0.15) is 0 Å². The summed E-state index contributed by atoms with van der Waals surface area (Å²) in [5.74, 6) is -0.987. The highest BCUT2D eigenvalue weighted by atomic mass is 16.5. The second-order valence-corrected chi connectivity index (χ2v) is 4.51. The number of ether oxygens (including phenoxy) is 2. The Morgan fingerprint density at radius 1 is 1.16 bits per heavy atom. The van der Waals surface area contributed by atoms with E-state index in [0.717, 1.165) is 12.8 Å². The summed E-state index contributed by atoms with van der Waals surface area (Å²) in [6, 6.07) is -0.185. The van der Waals surface area contributed by atoms with Crippen molar-refractivity contribution in [3.8, 4) is 0 Å². The third-order valence-corrected chi connectivity index (χ3v) is 2.94. The van der Waals surface area contributed by atoms with Crippen molar-refractivity contribution >= 4 is 12.0 Å². The first kappa shape index (κ1) is 15.7. The molecule has 0 spiro atoms. The normalized spacial score (nSPS) is 14.2. The van der Waals surface area contributed by atoms with E-state index >= 15 is 0 Å². The number of carboxylic acid groups (broad SMARTS) is 1. The van der Waals surface area contributed by atoms with Crippen LogP contribution in [0, 0.1) is 0 Å². The van der Waals surface area contributed by atoms with E-state index < -0.39 is 5.97 Å². The van der Waals surface area contributed by atoms with Gasteiger partial charge in [0.25, 0.3) is 0 Å². The lowest BCUT2D eigenvalue weighted by Crippen LogP contribution is -2.48. The summed E-state index contributed by atoms with van der Waals surface area (Å²) in [4.78, 5) is 26.2. The van der Waals surface area contributed by atoms with Crippen molar-refractivity contribution in [3.63, 3.8) is 0 Å². The fourth-order valence-electron chi connectivity index (χ4n) is 1.77.